The molecule has 3 aliphatic carbocycles. The van der Waals surface area contributed by atoms with Crippen LogP contribution in [0.4, 0.5) is 0 Å². The van der Waals surface area contributed by atoms with Crippen LogP contribution in [0.3, 0.4) is 0 Å². The van der Waals surface area contributed by atoms with E-state index in [2.05, 4.69) is 0 Å². The van der Waals surface area contributed by atoms with Crippen molar-refractivity contribution in [3.05, 3.63) is 36.3 Å². The molecule has 4 heterocycles. The number of furan rings is 1. The van der Waals surface area contributed by atoms with Gasteiger partial charge in [0.1, 0.15) is 23.2 Å². The van der Waals surface area contributed by atoms with E-state index in [1.54, 1.807) is 26.2 Å². The summed E-state index contributed by atoms with van der Waals surface area (Å²) in [7, 11) is 0. The number of fused-ring (bicyclic) bond motifs is 1. The van der Waals surface area contributed by atoms with E-state index >= 15 is 0 Å². The lowest BCUT2D eigenvalue weighted by Crippen LogP contribution is -2.77. The Labute approximate surface area is 196 Å². The number of hydrogen-bond donors (Lipinski definition) is 1. The van der Waals surface area contributed by atoms with Gasteiger partial charge in [0, 0.05) is 21.8 Å². The highest BCUT2D eigenvalue weighted by Crippen LogP contribution is 2.81. The fourth-order valence-electron chi connectivity index (χ4n) is 9.42. The van der Waals surface area contributed by atoms with Gasteiger partial charge in [0.15, 0.2) is 17.7 Å². The predicted molar refractivity (Wildman–Crippen MR) is 114 cm³/mol. The molecule has 3 aliphatic heterocycles. The number of carbonyl (C=O) groups excluding carboxylic acids is 3. The van der Waals surface area contributed by atoms with Gasteiger partial charge < -0.3 is 23.7 Å². The molecule has 1 N–H and O–H groups in total. The number of ether oxygens (including phenoxy) is 3. The van der Waals surface area contributed by atoms with Crippen molar-refractivity contribution in [2.75, 3.05) is 6.61 Å². The van der Waals surface area contributed by atoms with Gasteiger partial charge in [0.2, 0.25) is 0 Å². The van der Waals surface area contributed by atoms with Crippen LogP contribution in [0.25, 0.3) is 0 Å². The zero-order chi connectivity index (χ0) is 24.1. The lowest BCUT2D eigenvalue weighted by atomic mass is 9.34. The van der Waals surface area contributed by atoms with E-state index in [4.69, 9.17) is 18.6 Å². The largest absolute Gasteiger partial charge is 0.472 e. The highest BCUT2D eigenvalue weighted by atomic mass is 16.7. The first-order valence-corrected chi connectivity index (χ1v) is 12.0. The topological polar surface area (TPSA) is 116 Å². The molecule has 8 nitrogen and oxygen atoms in total. The Morgan fingerprint density at radius 2 is 1.85 bits per heavy atom. The van der Waals surface area contributed by atoms with Gasteiger partial charge in [-0.1, -0.05) is 19.9 Å². The van der Waals surface area contributed by atoms with Crippen LogP contribution in [0.1, 0.15) is 52.2 Å². The third-order valence-electron chi connectivity index (χ3n) is 10.8. The van der Waals surface area contributed by atoms with Gasteiger partial charge in [-0.3, -0.25) is 9.59 Å². The SMILES string of the molecule is CC1(C)OC[C@]23C=CC(=O)[C@@]12C(=O)[C@@H](O)[C@]1(C)[C@H]3CC[C@]2(C)[C@H](c3ccoc3)OC(=O)[C@H]3O[C@@]312. The van der Waals surface area contributed by atoms with Crippen LogP contribution in [0.15, 0.2) is 35.2 Å². The number of aliphatic hydroxyl groups is 1. The van der Waals surface area contributed by atoms with Gasteiger partial charge in [-0.25, -0.2) is 4.79 Å². The van der Waals surface area contributed by atoms with Crippen LogP contribution < -0.4 is 0 Å². The van der Waals surface area contributed by atoms with Gasteiger partial charge in [0.05, 0.1) is 24.7 Å². The molecule has 1 aromatic heterocycles. The molecule has 0 aromatic carbocycles. The van der Waals surface area contributed by atoms with E-state index in [-0.39, 0.29) is 18.3 Å². The monoisotopic (exact) mass is 468 g/mol. The third kappa shape index (κ3) is 1.68. The van der Waals surface area contributed by atoms with E-state index in [0.29, 0.717) is 12.8 Å². The summed E-state index contributed by atoms with van der Waals surface area (Å²) < 4.78 is 23.7. The number of aliphatic hydroxyl groups excluding tert-OH is 1. The minimum atomic E-state index is -1.50. The zero-order valence-electron chi connectivity index (χ0n) is 19.6. The van der Waals surface area contributed by atoms with Crippen LogP contribution >= 0.6 is 0 Å². The number of rotatable bonds is 1. The molecule has 0 radical (unpaired) electrons. The number of ketones is 2. The molecule has 5 fully saturated rings. The number of esters is 1. The molecule has 0 amide bonds. The van der Waals surface area contributed by atoms with Gasteiger partial charge in [-0.05, 0) is 44.7 Å². The van der Waals surface area contributed by atoms with Crippen molar-refractivity contribution in [2.45, 2.75) is 70.1 Å². The molecule has 1 aromatic rings. The Morgan fingerprint density at radius 3 is 2.56 bits per heavy atom. The molecule has 0 bridgehead atoms. The number of epoxide rings is 1. The molecule has 8 heteroatoms. The smallest absolute Gasteiger partial charge is 0.339 e. The Balaban J connectivity index is 1.47. The molecule has 9 atom stereocenters. The Morgan fingerprint density at radius 1 is 1.09 bits per heavy atom. The summed E-state index contributed by atoms with van der Waals surface area (Å²) in [5.41, 5.74) is -5.71. The summed E-state index contributed by atoms with van der Waals surface area (Å²) in [6.45, 7) is 7.61. The third-order valence-corrected chi connectivity index (χ3v) is 10.8. The first-order valence-electron chi connectivity index (χ1n) is 12.0. The molecular weight excluding hydrogens is 440 g/mol. The standard InChI is InChI=1S/C26H28O8/c1-21(2)25-15(27)6-9-24(25,12-32-21)14-5-8-22(3)18(13-7-10-31-11-13)33-20(30)19-26(22,34-19)23(14,4)16(28)17(25)29/h6-7,9-11,14,16,18-19,28H,5,8,12H2,1-4H3/t14-,16-,18+,19-,22-,23+,24+,25-,26-/m1/s1. The molecule has 180 valence electrons. The van der Waals surface area contributed by atoms with Crippen molar-refractivity contribution in [1.82, 2.24) is 0 Å². The Hall–Kier alpha value is -2.29. The van der Waals surface area contributed by atoms with Crippen LogP contribution in [0.5, 0.6) is 0 Å². The van der Waals surface area contributed by atoms with Crippen LogP contribution in [0.2, 0.25) is 0 Å². The molecule has 7 rings (SSSR count). The average molecular weight is 469 g/mol. The highest BCUT2D eigenvalue weighted by molar-refractivity contribution is 6.18. The van der Waals surface area contributed by atoms with Crippen LogP contribution in [-0.2, 0) is 28.6 Å². The molecule has 34 heavy (non-hydrogen) atoms. The predicted octanol–water partition coefficient (Wildman–Crippen LogP) is 2.30. The first kappa shape index (κ1) is 21.0. The highest BCUT2D eigenvalue weighted by Gasteiger charge is 2.92. The fraction of sp³-hybridized carbons (Fsp3) is 0.654. The van der Waals surface area contributed by atoms with E-state index in [0.717, 1.165) is 5.56 Å². The van der Waals surface area contributed by atoms with E-state index < -0.39 is 62.9 Å². The van der Waals surface area contributed by atoms with E-state index in [1.807, 2.05) is 19.9 Å². The number of allylic oxidation sites excluding steroid dienone is 1. The van der Waals surface area contributed by atoms with Crippen molar-refractivity contribution in [3.8, 4) is 0 Å². The summed E-state index contributed by atoms with van der Waals surface area (Å²) in [5, 5.41) is 11.9. The second-order valence-corrected chi connectivity index (χ2v) is 12.0. The molecule has 6 aliphatic rings. The van der Waals surface area contributed by atoms with Gasteiger partial charge >= 0.3 is 5.97 Å². The lowest BCUT2D eigenvalue weighted by Gasteiger charge is -2.66. The molecule has 2 saturated carbocycles. The summed E-state index contributed by atoms with van der Waals surface area (Å²) in [6, 6.07) is 1.77. The van der Waals surface area contributed by atoms with Crippen molar-refractivity contribution >= 4 is 17.5 Å². The number of Topliss-reactive ketones (excluding diaryl/α,β-unsaturated/α-hetero) is 1. The van der Waals surface area contributed by atoms with Crippen LogP contribution in [0, 0.1) is 27.6 Å². The zero-order valence-corrected chi connectivity index (χ0v) is 19.6. The lowest BCUT2D eigenvalue weighted by molar-refractivity contribution is -0.239. The summed E-state index contributed by atoms with van der Waals surface area (Å²) >= 11 is 0. The maximum atomic E-state index is 14.2. The van der Waals surface area contributed by atoms with Crippen molar-refractivity contribution in [1.29, 1.82) is 0 Å². The molecule has 3 saturated heterocycles. The molecular formula is C26H28O8. The minimum absolute atomic E-state index is 0.202. The van der Waals surface area contributed by atoms with Gasteiger partial charge in [0.25, 0.3) is 0 Å². The average Bonchev–Trinajstić information content (AvgIpc) is 3.08. The summed E-state index contributed by atoms with van der Waals surface area (Å²) in [4.78, 5) is 40.8. The fourth-order valence-corrected chi connectivity index (χ4v) is 9.42. The Bertz CT molecular complexity index is 1200. The quantitative estimate of drug-likeness (QED) is 0.379. The maximum absolute atomic E-state index is 14.2. The minimum Gasteiger partial charge on any atom is -0.472 e. The second kappa shape index (κ2) is 5.58. The maximum Gasteiger partial charge on any atom is 0.339 e. The van der Waals surface area contributed by atoms with Crippen molar-refractivity contribution < 1.29 is 38.1 Å². The molecule has 0 unspecified atom stereocenters. The second-order valence-electron chi connectivity index (χ2n) is 12.0. The molecule has 1 spiro atoms. The first-order chi connectivity index (χ1) is 16.0. The normalized spacial score (nSPS) is 54.0. The van der Waals surface area contributed by atoms with Crippen molar-refractivity contribution in [3.63, 3.8) is 0 Å². The van der Waals surface area contributed by atoms with E-state index in [9.17, 15) is 19.5 Å². The Kier molecular flexibility index (Phi) is 3.45. The summed E-state index contributed by atoms with van der Waals surface area (Å²) in [6.07, 6.45) is 4.65. The van der Waals surface area contributed by atoms with Gasteiger partial charge in [-0.2, -0.15) is 0 Å². The number of carbonyl (C=O) groups is 3. The van der Waals surface area contributed by atoms with Gasteiger partial charge in [-0.15, -0.1) is 0 Å². The van der Waals surface area contributed by atoms with Crippen molar-refractivity contribution in [2.24, 2.45) is 27.6 Å². The number of hydrogen-bond acceptors (Lipinski definition) is 8. The van der Waals surface area contributed by atoms with E-state index in [1.165, 1.54) is 12.3 Å². The summed E-state index contributed by atoms with van der Waals surface area (Å²) in [5.74, 6) is -1.65. The number of cyclic esters (lactones) is 1. The van der Waals surface area contributed by atoms with Crippen LogP contribution in [-0.4, -0.2) is 52.7 Å².